The summed E-state index contributed by atoms with van der Waals surface area (Å²) in [6.07, 6.45) is 6.86. The summed E-state index contributed by atoms with van der Waals surface area (Å²) >= 11 is 3.47. The standard InChI is InChI=1S/C12H13BrO/c1-2-10(7-8-14)9-11-5-3-4-6-12(11)13/h1,3-6,10,14H,7-9H2. The van der Waals surface area contributed by atoms with Gasteiger partial charge in [-0.05, 0) is 24.5 Å². The van der Waals surface area contributed by atoms with Crippen LogP contribution >= 0.6 is 15.9 Å². The summed E-state index contributed by atoms with van der Waals surface area (Å²) in [4.78, 5) is 0. The van der Waals surface area contributed by atoms with E-state index in [1.165, 1.54) is 5.56 Å². The van der Waals surface area contributed by atoms with Crippen molar-refractivity contribution in [2.75, 3.05) is 6.61 Å². The smallest absolute Gasteiger partial charge is 0.0442 e. The molecule has 0 aromatic heterocycles. The number of aliphatic hydroxyl groups excluding tert-OH is 1. The summed E-state index contributed by atoms with van der Waals surface area (Å²) in [6, 6.07) is 8.02. The molecule has 0 saturated carbocycles. The molecule has 0 saturated heterocycles. The molecular weight excluding hydrogens is 240 g/mol. The van der Waals surface area contributed by atoms with Gasteiger partial charge < -0.3 is 5.11 Å². The Kier molecular flexibility index (Phi) is 4.72. The van der Waals surface area contributed by atoms with Crippen LogP contribution in [0.15, 0.2) is 28.7 Å². The first-order valence-corrected chi connectivity index (χ1v) is 5.37. The molecule has 0 amide bonds. The van der Waals surface area contributed by atoms with E-state index in [1.54, 1.807) is 0 Å². The molecule has 74 valence electrons. The molecule has 0 aliphatic rings. The molecule has 0 heterocycles. The minimum absolute atomic E-state index is 0.124. The second-order valence-electron chi connectivity index (χ2n) is 3.17. The number of hydrogen-bond donors (Lipinski definition) is 1. The average Bonchev–Trinajstić information content (AvgIpc) is 2.20. The molecule has 1 atom stereocenters. The maximum absolute atomic E-state index is 8.81. The monoisotopic (exact) mass is 252 g/mol. The second-order valence-corrected chi connectivity index (χ2v) is 4.03. The van der Waals surface area contributed by atoms with Gasteiger partial charge in [0, 0.05) is 17.0 Å². The zero-order valence-corrected chi connectivity index (χ0v) is 9.50. The van der Waals surface area contributed by atoms with Crippen molar-refractivity contribution in [1.82, 2.24) is 0 Å². The van der Waals surface area contributed by atoms with Crippen molar-refractivity contribution in [3.63, 3.8) is 0 Å². The molecule has 1 aromatic carbocycles. The highest BCUT2D eigenvalue weighted by Crippen LogP contribution is 2.20. The van der Waals surface area contributed by atoms with E-state index in [0.717, 1.165) is 10.9 Å². The van der Waals surface area contributed by atoms with Crippen LogP contribution in [-0.2, 0) is 6.42 Å². The quantitative estimate of drug-likeness (QED) is 0.818. The van der Waals surface area contributed by atoms with Crippen molar-refractivity contribution in [3.05, 3.63) is 34.3 Å². The number of hydrogen-bond acceptors (Lipinski definition) is 1. The number of rotatable bonds is 4. The molecule has 0 aliphatic heterocycles. The third-order valence-corrected chi connectivity index (χ3v) is 2.91. The predicted octanol–water partition coefficient (Wildman–Crippen LogP) is 2.62. The topological polar surface area (TPSA) is 20.2 Å². The van der Waals surface area contributed by atoms with Crippen molar-refractivity contribution in [1.29, 1.82) is 0 Å². The Bertz CT molecular complexity index is 327. The molecular formula is C12H13BrO. The maximum Gasteiger partial charge on any atom is 0.0442 e. The van der Waals surface area contributed by atoms with E-state index in [1.807, 2.05) is 24.3 Å². The Hall–Kier alpha value is -0.780. The highest BCUT2D eigenvalue weighted by molar-refractivity contribution is 9.10. The van der Waals surface area contributed by atoms with E-state index in [4.69, 9.17) is 11.5 Å². The molecule has 0 aliphatic carbocycles. The van der Waals surface area contributed by atoms with Crippen molar-refractivity contribution in [2.45, 2.75) is 12.8 Å². The third kappa shape index (κ3) is 3.17. The highest BCUT2D eigenvalue weighted by atomic mass is 79.9. The van der Waals surface area contributed by atoms with Gasteiger partial charge in [0.1, 0.15) is 0 Å². The summed E-state index contributed by atoms with van der Waals surface area (Å²) in [7, 11) is 0. The average molecular weight is 253 g/mol. The summed E-state index contributed by atoms with van der Waals surface area (Å²) in [5.74, 6) is 2.82. The normalized spacial score (nSPS) is 12.1. The molecule has 2 heteroatoms. The molecule has 1 rings (SSSR count). The fourth-order valence-electron chi connectivity index (χ4n) is 1.33. The first kappa shape index (κ1) is 11.3. The van der Waals surface area contributed by atoms with Gasteiger partial charge in [0.25, 0.3) is 0 Å². The zero-order valence-electron chi connectivity index (χ0n) is 7.91. The minimum Gasteiger partial charge on any atom is -0.396 e. The lowest BCUT2D eigenvalue weighted by Gasteiger charge is -2.10. The van der Waals surface area contributed by atoms with Gasteiger partial charge in [-0.1, -0.05) is 34.1 Å². The van der Waals surface area contributed by atoms with Gasteiger partial charge in [-0.2, -0.15) is 0 Å². The Labute approximate surface area is 93.3 Å². The van der Waals surface area contributed by atoms with Crippen LogP contribution in [0.25, 0.3) is 0 Å². The SMILES string of the molecule is C#CC(CCO)Cc1ccccc1Br. The van der Waals surface area contributed by atoms with E-state index in [9.17, 15) is 0 Å². The largest absolute Gasteiger partial charge is 0.396 e. The van der Waals surface area contributed by atoms with Crippen molar-refractivity contribution in [3.8, 4) is 12.3 Å². The molecule has 0 fully saturated rings. The van der Waals surface area contributed by atoms with Crippen LogP contribution in [0.2, 0.25) is 0 Å². The summed E-state index contributed by atoms with van der Waals surface area (Å²) in [5, 5.41) is 8.81. The zero-order chi connectivity index (χ0) is 10.4. The van der Waals surface area contributed by atoms with Gasteiger partial charge in [0.05, 0.1) is 0 Å². The van der Waals surface area contributed by atoms with Gasteiger partial charge >= 0.3 is 0 Å². The predicted molar refractivity (Wildman–Crippen MR) is 61.9 cm³/mol. The van der Waals surface area contributed by atoms with Gasteiger partial charge in [-0.3, -0.25) is 0 Å². The Morgan fingerprint density at radius 1 is 1.43 bits per heavy atom. The van der Waals surface area contributed by atoms with E-state index < -0.39 is 0 Å². The van der Waals surface area contributed by atoms with Crippen molar-refractivity contribution >= 4 is 15.9 Å². The van der Waals surface area contributed by atoms with Gasteiger partial charge in [0.15, 0.2) is 0 Å². The third-order valence-electron chi connectivity index (χ3n) is 2.14. The van der Waals surface area contributed by atoms with E-state index in [-0.39, 0.29) is 12.5 Å². The molecule has 1 nitrogen and oxygen atoms in total. The van der Waals surface area contributed by atoms with Crippen LogP contribution in [0.1, 0.15) is 12.0 Å². The van der Waals surface area contributed by atoms with Gasteiger partial charge in [0.2, 0.25) is 0 Å². The Morgan fingerprint density at radius 3 is 2.71 bits per heavy atom. The van der Waals surface area contributed by atoms with Crippen LogP contribution in [0, 0.1) is 18.3 Å². The number of terminal acetylenes is 1. The molecule has 0 spiro atoms. The van der Waals surface area contributed by atoms with Gasteiger partial charge in [-0.15, -0.1) is 12.3 Å². The van der Waals surface area contributed by atoms with Gasteiger partial charge in [-0.25, -0.2) is 0 Å². The van der Waals surface area contributed by atoms with Crippen molar-refractivity contribution < 1.29 is 5.11 Å². The lowest BCUT2D eigenvalue weighted by molar-refractivity contribution is 0.271. The second kappa shape index (κ2) is 5.85. The van der Waals surface area contributed by atoms with E-state index in [2.05, 4.69) is 21.9 Å². The molecule has 1 unspecified atom stereocenters. The molecule has 14 heavy (non-hydrogen) atoms. The fraction of sp³-hybridized carbons (Fsp3) is 0.333. The summed E-state index contributed by atoms with van der Waals surface area (Å²) in [5.41, 5.74) is 1.20. The first-order valence-electron chi connectivity index (χ1n) is 4.58. The lowest BCUT2D eigenvalue weighted by atomic mass is 9.97. The van der Waals surface area contributed by atoms with Crippen LogP contribution in [0.5, 0.6) is 0 Å². The molecule has 1 aromatic rings. The number of halogens is 1. The maximum atomic E-state index is 8.81. The molecule has 0 bridgehead atoms. The number of benzene rings is 1. The van der Waals surface area contributed by atoms with Crippen LogP contribution < -0.4 is 0 Å². The summed E-state index contributed by atoms with van der Waals surface area (Å²) < 4.78 is 1.08. The molecule has 0 radical (unpaired) electrons. The van der Waals surface area contributed by atoms with Crippen LogP contribution in [-0.4, -0.2) is 11.7 Å². The first-order chi connectivity index (χ1) is 6.77. The molecule has 1 N–H and O–H groups in total. The Morgan fingerprint density at radius 2 is 2.14 bits per heavy atom. The number of aliphatic hydroxyl groups is 1. The lowest BCUT2D eigenvalue weighted by Crippen LogP contribution is -2.04. The minimum atomic E-state index is 0.124. The summed E-state index contributed by atoms with van der Waals surface area (Å²) in [6.45, 7) is 0.152. The fourth-order valence-corrected chi connectivity index (χ4v) is 1.78. The van der Waals surface area contributed by atoms with E-state index >= 15 is 0 Å². The van der Waals surface area contributed by atoms with Crippen molar-refractivity contribution in [2.24, 2.45) is 5.92 Å². The van der Waals surface area contributed by atoms with E-state index in [0.29, 0.717) is 6.42 Å². The van der Waals surface area contributed by atoms with Crippen LogP contribution in [0.4, 0.5) is 0 Å². The Balaban J connectivity index is 2.68. The highest BCUT2D eigenvalue weighted by Gasteiger charge is 2.07. The van der Waals surface area contributed by atoms with Crippen LogP contribution in [0.3, 0.4) is 0 Å².